The molecule has 220 valence electrons. The molecule has 0 bridgehead atoms. The zero-order valence-corrected chi connectivity index (χ0v) is 23.0. The fraction of sp³-hybridized carbons (Fsp3) is 0.630. The first-order valence-electron chi connectivity index (χ1n) is 13.6. The van der Waals surface area contributed by atoms with Crippen LogP contribution >= 0.6 is 0 Å². The molecule has 5 unspecified atom stereocenters. The molecular weight excluding hydrogens is 504 g/mol. The summed E-state index contributed by atoms with van der Waals surface area (Å²) in [5.74, 6) is -3.19. The third-order valence-corrected chi connectivity index (χ3v) is 6.67. The third-order valence-electron chi connectivity index (χ3n) is 6.67. The van der Waals surface area contributed by atoms with E-state index in [-0.39, 0.29) is 18.1 Å². The van der Waals surface area contributed by atoms with Gasteiger partial charge in [0.1, 0.15) is 23.9 Å². The molecule has 0 aliphatic carbocycles. The minimum atomic E-state index is -1.25. The van der Waals surface area contributed by atoms with Gasteiger partial charge in [0, 0.05) is 6.42 Å². The van der Waals surface area contributed by atoms with Crippen molar-refractivity contribution in [1.29, 1.82) is 0 Å². The fourth-order valence-corrected chi connectivity index (χ4v) is 3.97. The summed E-state index contributed by atoms with van der Waals surface area (Å²) in [5, 5.41) is 27.1. The van der Waals surface area contributed by atoms with Gasteiger partial charge in [-0.1, -0.05) is 38.8 Å². The maximum Gasteiger partial charge on any atom is 0.326 e. The largest absolute Gasteiger partial charge is 0.508 e. The molecule has 1 aromatic carbocycles. The van der Waals surface area contributed by atoms with E-state index < -0.39 is 47.9 Å². The predicted octanol–water partition coefficient (Wildman–Crippen LogP) is 0.105. The molecule has 0 fully saturated rings. The van der Waals surface area contributed by atoms with E-state index in [0.717, 1.165) is 6.42 Å². The first kappa shape index (κ1) is 33.8. The summed E-state index contributed by atoms with van der Waals surface area (Å²) in [7, 11) is 0. The summed E-state index contributed by atoms with van der Waals surface area (Å²) in [6.45, 7) is 4.55. The Morgan fingerprint density at radius 3 is 1.92 bits per heavy atom. The van der Waals surface area contributed by atoms with Gasteiger partial charge in [-0.3, -0.25) is 14.4 Å². The number of carboxylic acid groups (broad SMARTS) is 1. The first-order valence-corrected chi connectivity index (χ1v) is 13.6. The molecule has 0 aliphatic heterocycles. The quantitative estimate of drug-likeness (QED) is 0.109. The fourth-order valence-electron chi connectivity index (χ4n) is 3.97. The van der Waals surface area contributed by atoms with Crippen molar-refractivity contribution in [3.05, 3.63) is 29.8 Å². The first-order chi connectivity index (χ1) is 18.5. The Morgan fingerprint density at radius 1 is 0.821 bits per heavy atom. The number of nitrogens with one attached hydrogen (secondary N) is 3. The molecule has 0 heterocycles. The van der Waals surface area contributed by atoms with Gasteiger partial charge >= 0.3 is 5.97 Å². The zero-order valence-electron chi connectivity index (χ0n) is 23.0. The van der Waals surface area contributed by atoms with Gasteiger partial charge in [0.15, 0.2) is 0 Å². The summed E-state index contributed by atoms with van der Waals surface area (Å²) < 4.78 is 0. The monoisotopic (exact) mass is 550 g/mol. The van der Waals surface area contributed by atoms with E-state index in [0.29, 0.717) is 57.2 Å². The number of nitrogens with two attached hydrogens (primary N) is 3. The second-order valence-electron chi connectivity index (χ2n) is 9.88. The van der Waals surface area contributed by atoms with Crippen LogP contribution in [-0.2, 0) is 25.6 Å². The molecule has 39 heavy (non-hydrogen) atoms. The molecule has 12 heteroatoms. The van der Waals surface area contributed by atoms with Crippen molar-refractivity contribution in [2.24, 2.45) is 23.1 Å². The molecule has 0 radical (unpaired) electrons. The number of aliphatic carboxylic acids is 1. The Labute approximate surface area is 230 Å². The second-order valence-corrected chi connectivity index (χ2v) is 9.88. The maximum atomic E-state index is 13.3. The minimum Gasteiger partial charge on any atom is -0.508 e. The van der Waals surface area contributed by atoms with Crippen LogP contribution in [0.25, 0.3) is 0 Å². The van der Waals surface area contributed by atoms with E-state index in [1.165, 1.54) is 12.1 Å². The number of carbonyl (C=O) groups is 4. The van der Waals surface area contributed by atoms with Gasteiger partial charge in [-0.2, -0.15) is 0 Å². The lowest BCUT2D eigenvalue weighted by Gasteiger charge is -2.28. The number of hydrogen-bond acceptors (Lipinski definition) is 8. The van der Waals surface area contributed by atoms with Crippen molar-refractivity contribution in [2.75, 3.05) is 13.1 Å². The molecule has 0 saturated carbocycles. The summed E-state index contributed by atoms with van der Waals surface area (Å²) in [6.07, 6.45) is 3.89. The van der Waals surface area contributed by atoms with Crippen LogP contribution in [0.15, 0.2) is 24.3 Å². The lowest BCUT2D eigenvalue weighted by Crippen LogP contribution is -2.58. The summed E-state index contributed by atoms with van der Waals surface area (Å²) in [6, 6.07) is 1.99. The molecule has 3 amide bonds. The van der Waals surface area contributed by atoms with Gasteiger partial charge in [0.05, 0.1) is 6.04 Å². The maximum absolute atomic E-state index is 13.3. The number of rotatable bonds is 19. The van der Waals surface area contributed by atoms with Crippen molar-refractivity contribution >= 4 is 23.7 Å². The Morgan fingerprint density at radius 2 is 1.38 bits per heavy atom. The standard InChI is InChI=1S/C27H46N6O6/c1-3-17(2)23(26(37)32-22(27(38)39)16-18-10-12-19(34)13-11-18)33-25(36)21(9-5-7-15-29)31-24(35)20(30)8-4-6-14-28/h10-13,17,20-23,34H,3-9,14-16,28-30H2,1-2H3,(H,31,35)(H,32,37)(H,33,36)(H,38,39). The summed E-state index contributed by atoms with van der Waals surface area (Å²) in [5.41, 5.74) is 17.7. The molecule has 0 saturated heterocycles. The molecule has 1 aromatic rings. The molecular formula is C27H46N6O6. The molecule has 12 nitrogen and oxygen atoms in total. The van der Waals surface area contributed by atoms with Crippen LogP contribution in [0.3, 0.4) is 0 Å². The van der Waals surface area contributed by atoms with E-state index in [4.69, 9.17) is 17.2 Å². The molecule has 5 atom stereocenters. The van der Waals surface area contributed by atoms with Gasteiger partial charge in [0.2, 0.25) is 17.7 Å². The van der Waals surface area contributed by atoms with Crippen LogP contribution in [-0.4, -0.2) is 71.2 Å². The van der Waals surface area contributed by atoms with Crippen molar-refractivity contribution in [1.82, 2.24) is 16.0 Å². The lowest BCUT2D eigenvalue weighted by atomic mass is 9.96. The molecule has 0 spiro atoms. The van der Waals surface area contributed by atoms with Crippen molar-refractivity contribution < 1.29 is 29.4 Å². The van der Waals surface area contributed by atoms with E-state index in [1.807, 2.05) is 6.92 Å². The Balaban J connectivity index is 3.00. The number of carboxylic acids is 1. The number of phenols is 1. The number of amides is 3. The SMILES string of the molecule is CCC(C)C(NC(=O)C(CCCCN)NC(=O)C(N)CCCCN)C(=O)NC(Cc1ccc(O)cc1)C(=O)O. The van der Waals surface area contributed by atoms with Crippen LogP contribution in [0.4, 0.5) is 0 Å². The number of unbranched alkanes of at least 4 members (excludes halogenated alkanes) is 2. The van der Waals surface area contributed by atoms with Crippen molar-refractivity contribution in [3.8, 4) is 5.75 Å². The highest BCUT2D eigenvalue weighted by atomic mass is 16.4. The predicted molar refractivity (Wildman–Crippen MR) is 148 cm³/mol. The molecule has 11 N–H and O–H groups in total. The molecule has 0 aromatic heterocycles. The van der Waals surface area contributed by atoms with Gasteiger partial charge in [-0.05, 0) is 68.8 Å². The second kappa shape index (κ2) is 18.1. The summed E-state index contributed by atoms with van der Waals surface area (Å²) >= 11 is 0. The Hall–Kier alpha value is -3.22. The van der Waals surface area contributed by atoms with Crippen LogP contribution < -0.4 is 33.2 Å². The minimum absolute atomic E-state index is 0.0116. The average molecular weight is 551 g/mol. The van der Waals surface area contributed by atoms with E-state index in [2.05, 4.69) is 16.0 Å². The van der Waals surface area contributed by atoms with E-state index in [1.54, 1.807) is 19.1 Å². The highest BCUT2D eigenvalue weighted by Gasteiger charge is 2.32. The highest BCUT2D eigenvalue weighted by Crippen LogP contribution is 2.14. The number of hydrogen-bond donors (Lipinski definition) is 8. The van der Waals surface area contributed by atoms with Crippen molar-refractivity contribution in [2.45, 2.75) is 89.4 Å². The Kier molecular flexibility index (Phi) is 15.7. The topological polar surface area (TPSA) is 223 Å². The van der Waals surface area contributed by atoms with Gasteiger partial charge < -0.3 is 43.4 Å². The van der Waals surface area contributed by atoms with Gasteiger partial charge in [0.25, 0.3) is 0 Å². The normalized spacial score (nSPS) is 14.9. The number of aromatic hydroxyl groups is 1. The highest BCUT2D eigenvalue weighted by molar-refractivity contribution is 5.94. The molecule has 1 rings (SSSR count). The van der Waals surface area contributed by atoms with Crippen LogP contribution in [0.1, 0.15) is 64.4 Å². The van der Waals surface area contributed by atoms with Gasteiger partial charge in [-0.25, -0.2) is 4.79 Å². The zero-order chi connectivity index (χ0) is 29.4. The van der Waals surface area contributed by atoms with E-state index in [9.17, 15) is 29.4 Å². The smallest absolute Gasteiger partial charge is 0.326 e. The Bertz CT molecular complexity index is 913. The number of phenolic OH excluding ortho intramolecular Hbond substituents is 1. The van der Waals surface area contributed by atoms with Crippen LogP contribution in [0.5, 0.6) is 5.75 Å². The van der Waals surface area contributed by atoms with Gasteiger partial charge in [-0.15, -0.1) is 0 Å². The van der Waals surface area contributed by atoms with E-state index >= 15 is 0 Å². The summed E-state index contributed by atoms with van der Waals surface area (Å²) in [4.78, 5) is 51.1. The van der Waals surface area contributed by atoms with Crippen molar-refractivity contribution in [3.63, 3.8) is 0 Å². The lowest BCUT2D eigenvalue weighted by molar-refractivity contribution is -0.142. The van der Waals surface area contributed by atoms with Crippen LogP contribution in [0.2, 0.25) is 0 Å². The third kappa shape index (κ3) is 12.5. The van der Waals surface area contributed by atoms with Crippen LogP contribution in [0, 0.1) is 5.92 Å². The average Bonchev–Trinajstić information content (AvgIpc) is 2.91. The molecule has 0 aliphatic rings. The number of carbonyl (C=O) groups excluding carboxylic acids is 3. The number of benzene rings is 1.